The van der Waals surface area contributed by atoms with Gasteiger partial charge in [0.25, 0.3) is 0 Å². The first-order valence-corrected chi connectivity index (χ1v) is 10.0. The lowest BCUT2D eigenvalue weighted by atomic mass is 9.83. The fourth-order valence-electron chi connectivity index (χ4n) is 3.19. The average molecular weight is 304 g/mol. The van der Waals surface area contributed by atoms with Crippen LogP contribution in [0, 0.1) is 5.92 Å². The molecular formula is C15H29NOS2. The highest BCUT2D eigenvalue weighted by Gasteiger charge is 2.23. The zero-order chi connectivity index (χ0) is 13.5. The summed E-state index contributed by atoms with van der Waals surface area (Å²) in [5.41, 5.74) is 6.20. The lowest BCUT2D eigenvalue weighted by Gasteiger charge is -2.28. The largest absolute Gasteiger partial charge is 0.392 e. The van der Waals surface area contributed by atoms with Crippen molar-refractivity contribution in [3.8, 4) is 0 Å². The minimum atomic E-state index is -0.287. The van der Waals surface area contributed by atoms with Gasteiger partial charge < -0.3 is 10.8 Å². The Kier molecular flexibility index (Phi) is 7.42. The molecule has 0 spiro atoms. The molecule has 0 radical (unpaired) electrons. The van der Waals surface area contributed by atoms with E-state index in [1.165, 1.54) is 50.0 Å². The highest BCUT2D eigenvalue weighted by molar-refractivity contribution is 8.17. The summed E-state index contributed by atoms with van der Waals surface area (Å²) in [5, 5.41) is 10.2. The number of aliphatic hydroxyl groups is 1. The highest BCUT2D eigenvalue weighted by atomic mass is 32.2. The Hall–Kier alpha value is 0.620. The van der Waals surface area contributed by atoms with Crippen molar-refractivity contribution in [2.24, 2.45) is 11.7 Å². The van der Waals surface area contributed by atoms with Crippen LogP contribution < -0.4 is 5.73 Å². The molecule has 0 aromatic rings. The maximum Gasteiger partial charge on any atom is 0.0691 e. The molecule has 3 N–H and O–H groups in total. The molecule has 4 heteroatoms. The van der Waals surface area contributed by atoms with Crippen LogP contribution in [0.1, 0.15) is 57.8 Å². The van der Waals surface area contributed by atoms with Gasteiger partial charge in [0, 0.05) is 6.04 Å². The van der Waals surface area contributed by atoms with E-state index in [0.717, 1.165) is 25.2 Å². The van der Waals surface area contributed by atoms with Crippen LogP contribution in [0.3, 0.4) is 0 Å². The number of thioether (sulfide) groups is 2. The van der Waals surface area contributed by atoms with Gasteiger partial charge in [0.2, 0.25) is 0 Å². The van der Waals surface area contributed by atoms with E-state index in [1.54, 1.807) is 0 Å². The topological polar surface area (TPSA) is 46.2 Å². The van der Waals surface area contributed by atoms with Crippen molar-refractivity contribution in [3.63, 3.8) is 0 Å². The lowest BCUT2D eigenvalue weighted by molar-refractivity contribution is 0.117. The number of aliphatic hydroxyl groups excluding tert-OH is 1. The van der Waals surface area contributed by atoms with Crippen LogP contribution in [-0.2, 0) is 0 Å². The van der Waals surface area contributed by atoms with Crippen molar-refractivity contribution in [1.29, 1.82) is 0 Å². The van der Waals surface area contributed by atoms with Crippen LogP contribution in [0.2, 0.25) is 0 Å². The number of hydrogen-bond donors (Lipinski definition) is 2. The van der Waals surface area contributed by atoms with Crippen molar-refractivity contribution in [1.82, 2.24) is 0 Å². The van der Waals surface area contributed by atoms with Gasteiger partial charge in [-0.15, -0.1) is 23.5 Å². The van der Waals surface area contributed by atoms with Crippen LogP contribution in [-0.4, -0.2) is 33.3 Å². The van der Waals surface area contributed by atoms with E-state index in [4.69, 9.17) is 5.73 Å². The normalized spacial score (nSPS) is 26.2. The predicted molar refractivity (Wildman–Crippen MR) is 87.7 cm³/mol. The Balaban J connectivity index is 1.62. The molecular weight excluding hydrogens is 274 g/mol. The Morgan fingerprint density at radius 3 is 2.42 bits per heavy atom. The van der Waals surface area contributed by atoms with Crippen LogP contribution in [0.15, 0.2) is 0 Å². The molecule has 1 saturated carbocycles. The monoisotopic (exact) mass is 303 g/mol. The molecule has 2 fully saturated rings. The second-order valence-electron chi connectivity index (χ2n) is 6.07. The summed E-state index contributed by atoms with van der Waals surface area (Å²) in [6.45, 7) is 0. The predicted octanol–water partition coefficient (Wildman–Crippen LogP) is 3.62. The van der Waals surface area contributed by atoms with Gasteiger partial charge >= 0.3 is 0 Å². The third kappa shape index (κ3) is 5.86. The molecule has 2 aliphatic rings. The fourth-order valence-corrected chi connectivity index (χ4v) is 6.09. The number of hydrogen-bond acceptors (Lipinski definition) is 4. The van der Waals surface area contributed by atoms with E-state index in [1.807, 2.05) is 0 Å². The molecule has 0 bridgehead atoms. The van der Waals surface area contributed by atoms with Gasteiger partial charge in [-0.05, 0) is 43.1 Å². The summed E-state index contributed by atoms with van der Waals surface area (Å²) in [6.07, 6.45) is 10.9. The fraction of sp³-hybridized carbons (Fsp3) is 1.00. The van der Waals surface area contributed by atoms with E-state index in [-0.39, 0.29) is 12.1 Å². The zero-order valence-electron chi connectivity index (χ0n) is 11.9. The Morgan fingerprint density at radius 1 is 1.05 bits per heavy atom. The maximum atomic E-state index is 10.2. The minimum absolute atomic E-state index is 0.00157. The van der Waals surface area contributed by atoms with Crippen LogP contribution in [0.25, 0.3) is 0 Å². The summed E-state index contributed by atoms with van der Waals surface area (Å²) in [6, 6.07) is 0.00157. The van der Waals surface area contributed by atoms with E-state index in [2.05, 4.69) is 23.5 Å². The standard InChI is InChI=1S/C15H29NOS2/c16-13(11-12-5-2-1-3-6-12)14(17)7-8-15-18-9-4-10-19-15/h12-15,17H,1-11,16H2/t13-,14-/m0/s1. The summed E-state index contributed by atoms with van der Waals surface area (Å²) >= 11 is 4.13. The molecule has 0 unspecified atom stereocenters. The van der Waals surface area contributed by atoms with Crippen molar-refractivity contribution in [2.45, 2.75) is 74.5 Å². The van der Waals surface area contributed by atoms with Gasteiger partial charge in [-0.2, -0.15) is 0 Å². The molecule has 2 rings (SSSR count). The number of nitrogens with two attached hydrogens (primary N) is 1. The van der Waals surface area contributed by atoms with E-state index < -0.39 is 0 Å². The molecule has 1 aliphatic carbocycles. The molecule has 1 heterocycles. The minimum Gasteiger partial charge on any atom is -0.392 e. The maximum absolute atomic E-state index is 10.2. The SMILES string of the molecule is N[C@@H](CC1CCCCC1)[C@@H](O)CCC1SCCCS1. The second-order valence-corrected chi connectivity index (χ2v) is 8.99. The summed E-state index contributed by atoms with van der Waals surface area (Å²) < 4.78 is 0.699. The van der Waals surface area contributed by atoms with Crippen molar-refractivity contribution < 1.29 is 5.11 Å². The van der Waals surface area contributed by atoms with Gasteiger partial charge in [0.1, 0.15) is 0 Å². The van der Waals surface area contributed by atoms with E-state index in [9.17, 15) is 5.11 Å². The Labute approximate surface area is 126 Å². The molecule has 2 nitrogen and oxygen atoms in total. The van der Waals surface area contributed by atoms with Gasteiger partial charge in [-0.1, -0.05) is 32.1 Å². The molecule has 0 aromatic carbocycles. The highest BCUT2D eigenvalue weighted by Crippen LogP contribution is 2.34. The molecule has 1 aliphatic heterocycles. The van der Waals surface area contributed by atoms with Crippen LogP contribution in [0.5, 0.6) is 0 Å². The summed E-state index contributed by atoms with van der Waals surface area (Å²) in [5.74, 6) is 3.36. The average Bonchev–Trinajstić information content (AvgIpc) is 2.47. The molecule has 1 saturated heterocycles. The third-order valence-electron chi connectivity index (χ3n) is 4.42. The zero-order valence-corrected chi connectivity index (χ0v) is 13.6. The van der Waals surface area contributed by atoms with Gasteiger partial charge in [0.05, 0.1) is 10.7 Å². The van der Waals surface area contributed by atoms with Crippen LogP contribution in [0.4, 0.5) is 0 Å². The van der Waals surface area contributed by atoms with E-state index >= 15 is 0 Å². The Bertz CT molecular complexity index is 240. The first-order valence-electron chi connectivity index (χ1n) is 7.92. The van der Waals surface area contributed by atoms with Gasteiger partial charge in [0.15, 0.2) is 0 Å². The summed E-state index contributed by atoms with van der Waals surface area (Å²) in [7, 11) is 0. The molecule has 0 aromatic heterocycles. The molecule has 19 heavy (non-hydrogen) atoms. The quantitative estimate of drug-likeness (QED) is 0.787. The van der Waals surface area contributed by atoms with Crippen molar-refractivity contribution >= 4 is 23.5 Å². The Morgan fingerprint density at radius 2 is 1.74 bits per heavy atom. The number of rotatable bonds is 6. The molecule has 2 atom stereocenters. The first kappa shape index (κ1) is 16.0. The van der Waals surface area contributed by atoms with Crippen molar-refractivity contribution in [2.75, 3.05) is 11.5 Å². The smallest absolute Gasteiger partial charge is 0.0691 e. The van der Waals surface area contributed by atoms with E-state index in [0.29, 0.717) is 4.58 Å². The van der Waals surface area contributed by atoms with Gasteiger partial charge in [-0.25, -0.2) is 0 Å². The lowest BCUT2D eigenvalue weighted by Crippen LogP contribution is -2.37. The summed E-state index contributed by atoms with van der Waals surface area (Å²) in [4.78, 5) is 0. The molecule has 0 amide bonds. The van der Waals surface area contributed by atoms with Crippen molar-refractivity contribution in [3.05, 3.63) is 0 Å². The first-order chi connectivity index (χ1) is 9.25. The molecule has 112 valence electrons. The van der Waals surface area contributed by atoms with Crippen LogP contribution >= 0.6 is 23.5 Å². The third-order valence-corrected chi connectivity index (χ3v) is 7.50. The second kappa shape index (κ2) is 8.81. The van der Waals surface area contributed by atoms with Gasteiger partial charge in [-0.3, -0.25) is 0 Å².